The van der Waals surface area contributed by atoms with Gasteiger partial charge < -0.3 is 15.0 Å². The van der Waals surface area contributed by atoms with Crippen molar-refractivity contribution in [3.05, 3.63) is 0 Å². The van der Waals surface area contributed by atoms with Crippen molar-refractivity contribution in [3.8, 4) is 0 Å². The number of hydrogen-bond acceptors (Lipinski definition) is 3. The predicted molar refractivity (Wildman–Crippen MR) is 73.5 cm³/mol. The second kappa shape index (κ2) is 8.90. The first kappa shape index (κ1) is 14.9. The summed E-state index contributed by atoms with van der Waals surface area (Å²) in [5.41, 5.74) is 0. The summed E-state index contributed by atoms with van der Waals surface area (Å²) in [5, 5.41) is 3.46. The third-order valence-electron chi connectivity index (χ3n) is 3.52. The van der Waals surface area contributed by atoms with E-state index in [1.165, 1.54) is 38.6 Å². The fourth-order valence-corrected chi connectivity index (χ4v) is 2.51. The van der Waals surface area contributed by atoms with Gasteiger partial charge >= 0.3 is 0 Å². The molecule has 2 atom stereocenters. The minimum atomic E-state index is 0.501. The lowest BCUT2D eigenvalue weighted by Crippen LogP contribution is -2.30. The van der Waals surface area contributed by atoms with E-state index in [0.717, 1.165) is 19.7 Å². The van der Waals surface area contributed by atoms with Crippen LogP contribution in [-0.2, 0) is 4.74 Å². The lowest BCUT2D eigenvalue weighted by Gasteiger charge is -2.20. The predicted octanol–water partition coefficient (Wildman–Crippen LogP) is 2.27. The molecule has 1 N–H and O–H groups in total. The van der Waals surface area contributed by atoms with Gasteiger partial charge in [0.1, 0.15) is 0 Å². The van der Waals surface area contributed by atoms with Crippen LogP contribution in [0.1, 0.15) is 46.0 Å². The summed E-state index contributed by atoms with van der Waals surface area (Å²) in [5.74, 6) is 0. The Kier molecular flexibility index (Phi) is 7.82. The Hall–Kier alpha value is -0.120. The van der Waals surface area contributed by atoms with Crippen molar-refractivity contribution in [3.63, 3.8) is 0 Å². The van der Waals surface area contributed by atoms with Crippen LogP contribution in [0.5, 0.6) is 0 Å². The van der Waals surface area contributed by atoms with Crippen molar-refractivity contribution in [2.45, 2.75) is 58.1 Å². The summed E-state index contributed by atoms with van der Waals surface area (Å²) < 4.78 is 5.65. The summed E-state index contributed by atoms with van der Waals surface area (Å²) >= 11 is 0. The number of rotatable bonds is 9. The number of hydrogen-bond donors (Lipinski definition) is 1. The van der Waals surface area contributed by atoms with Crippen LogP contribution >= 0.6 is 0 Å². The molecule has 102 valence electrons. The van der Waals surface area contributed by atoms with Gasteiger partial charge in [-0.2, -0.15) is 0 Å². The first-order chi connectivity index (χ1) is 8.22. The monoisotopic (exact) mass is 242 g/mol. The Morgan fingerprint density at radius 2 is 2.24 bits per heavy atom. The lowest BCUT2D eigenvalue weighted by atomic mass is 10.1. The first-order valence-electron chi connectivity index (χ1n) is 7.26. The van der Waals surface area contributed by atoms with Gasteiger partial charge in [-0.3, -0.25) is 0 Å². The molecule has 17 heavy (non-hydrogen) atoms. The summed E-state index contributed by atoms with van der Waals surface area (Å²) in [6.07, 6.45) is 6.92. The zero-order chi connectivity index (χ0) is 12.5. The number of nitrogens with zero attached hydrogens (tertiary/aromatic N) is 1. The van der Waals surface area contributed by atoms with Crippen LogP contribution in [0.15, 0.2) is 0 Å². The molecule has 0 aromatic rings. The normalized spacial score (nSPS) is 22.2. The summed E-state index contributed by atoms with van der Waals surface area (Å²) in [4.78, 5) is 2.42. The molecule has 0 saturated carbocycles. The number of nitrogens with one attached hydrogen (secondary N) is 1. The second-order valence-corrected chi connectivity index (χ2v) is 5.35. The zero-order valence-electron chi connectivity index (χ0n) is 11.9. The van der Waals surface area contributed by atoms with Crippen molar-refractivity contribution in [2.75, 3.05) is 33.3 Å². The molecule has 1 saturated heterocycles. The van der Waals surface area contributed by atoms with E-state index in [2.05, 4.69) is 31.1 Å². The van der Waals surface area contributed by atoms with E-state index in [0.29, 0.717) is 12.1 Å². The van der Waals surface area contributed by atoms with Crippen molar-refractivity contribution >= 4 is 0 Å². The van der Waals surface area contributed by atoms with Gasteiger partial charge in [0.15, 0.2) is 0 Å². The maximum atomic E-state index is 5.65. The molecular formula is C14H30N2O. The maximum absolute atomic E-state index is 5.65. The summed E-state index contributed by atoms with van der Waals surface area (Å²) in [7, 11) is 2.22. The van der Waals surface area contributed by atoms with E-state index in [1.807, 2.05) is 0 Å². The molecule has 0 radical (unpaired) electrons. The Morgan fingerprint density at radius 1 is 1.41 bits per heavy atom. The average molecular weight is 242 g/mol. The molecule has 1 aliphatic rings. The van der Waals surface area contributed by atoms with Crippen LogP contribution < -0.4 is 5.32 Å². The molecule has 0 aliphatic carbocycles. The largest absolute Gasteiger partial charge is 0.377 e. The van der Waals surface area contributed by atoms with Gasteiger partial charge in [-0.05, 0) is 52.7 Å². The highest BCUT2D eigenvalue weighted by Gasteiger charge is 2.16. The number of unbranched alkanes of at least 4 members (excludes halogenated alkanes) is 1. The highest BCUT2D eigenvalue weighted by molar-refractivity contribution is 4.69. The van der Waals surface area contributed by atoms with E-state index in [9.17, 15) is 0 Å². The van der Waals surface area contributed by atoms with Gasteiger partial charge in [-0.15, -0.1) is 0 Å². The molecule has 3 nitrogen and oxygen atoms in total. The van der Waals surface area contributed by atoms with Crippen LogP contribution in [-0.4, -0.2) is 50.3 Å². The van der Waals surface area contributed by atoms with Gasteiger partial charge in [0.2, 0.25) is 0 Å². The molecule has 1 fully saturated rings. The molecule has 1 rings (SSSR count). The zero-order valence-corrected chi connectivity index (χ0v) is 11.9. The second-order valence-electron chi connectivity index (χ2n) is 5.35. The topological polar surface area (TPSA) is 24.5 Å². The quantitative estimate of drug-likeness (QED) is 0.628. The standard InChI is InChI=1S/C14H30N2O/c1-4-15-13(2)8-5-6-10-16(3)12-14-9-7-11-17-14/h13-15H,4-12H2,1-3H3. The van der Waals surface area contributed by atoms with Crippen molar-refractivity contribution < 1.29 is 4.74 Å². The molecular weight excluding hydrogens is 212 g/mol. The Labute approximate surface area is 107 Å². The fraction of sp³-hybridized carbons (Fsp3) is 1.00. The van der Waals surface area contributed by atoms with E-state index in [1.54, 1.807) is 0 Å². The van der Waals surface area contributed by atoms with Gasteiger partial charge in [0.25, 0.3) is 0 Å². The molecule has 0 spiro atoms. The van der Waals surface area contributed by atoms with Crippen LogP contribution in [0.2, 0.25) is 0 Å². The molecule has 0 aromatic heterocycles. The van der Waals surface area contributed by atoms with E-state index >= 15 is 0 Å². The highest BCUT2D eigenvalue weighted by Crippen LogP contribution is 2.13. The SMILES string of the molecule is CCNC(C)CCCCN(C)CC1CCCO1. The van der Waals surface area contributed by atoms with Gasteiger partial charge in [0, 0.05) is 19.2 Å². The van der Waals surface area contributed by atoms with E-state index in [-0.39, 0.29) is 0 Å². The first-order valence-corrected chi connectivity index (χ1v) is 7.26. The minimum absolute atomic E-state index is 0.501. The molecule has 0 aromatic carbocycles. The number of ether oxygens (including phenoxy) is 1. The van der Waals surface area contributed by atoms with Gasteiger partial charge in [-0.25, -0.2) is 0 Å². The Bertz CT molecular complexity index is 181. The third kappa shape index (κ3) is 7.02. The third-order valence-corrected chi connectivity index (χ3v) is 3.52. The highest BCUT2D eigenvalue weighted by atomic mass is 16.5. The Morgan fingerprint density at radius 3 is 2.88 bits per heavy atom. The summed E-state index contributed by atoms with van der Waals surface area (Å²) in [6, 6.07) is 0.670. The van der Waals surface area contributed by atoms with Crippen LogP contribution in [0, 0.1) is 0 Å². The molecule has 2 unspecified atom stereocenters. The smallest absolute Gasteiger partial charge is 0.0702 e. The van der Waals surface area contributed by atoms with E-state index < -0.39 is 0 Å². The summed E-state index contributed by atoms with van der Waals surface area (Å²) in [6.45, 7) is 8.83. The maximum Gasteiger partial charge on any atom is 0.0702 e. The number of likely N-dealkylation sites (N-methyl/N-ethyl adjacent to an activating group) is 1. The molecule has 3 heteroatoms. The van der Waals surface area contributed by atoms with Gasteiger partial charge in [0.05, 0.1) is 6.10 Å². The van der Waals surface area contributed by atoms with Crippen molar-refractivity contribution in [1.82, 2.24) is 10.2 Å². The minimum Gasteiger partial charge on any atom is -0.377 e. The van der Waals surface area contributed by atoms with Crippen LogP contribution in [0.4, 0.5) is 0 Å². The molecule has 1 heterocycles. The Balaban J connectivity index is 1.94. The van der Waals surface area contributed by atoms with Crippen molar-refractivity contribution in [2.24, 2.45) is 0 Å². The van der Waals surface area contributed by atoms with Gasteiger partial charge in [-0.1, -0.05) is 13.3 Å². The lowest BCUT2D eigenvalue weighted by molar-refractivity contribution is 0.0807. The molecule has 0 amide bonds. The van der Waals surface area contributed by atoms with E-state index in [4.69, 9.17) is 4.74 Å². The van der Waals surface area contributed by atoms with Crippen molar-refractivity contribution in [1.29, 1.82) is 0 Å². The molecule has 0 bridgehead atoms. The van der Waals surface area contributed by atoms with Crippen LogP contribution in [0.25, 0.3) is 0 Å². The van der Waals surface area contributed by atoms with Crippen LogP contribution in [0.3, 0.4) is 0 Å². The average Bonchev–Trinajstić information content (AvgIpc) is 2.77. The molecule has 1 aliphatic heterocycles. The fourth-order valence-electron chi connectivity index (χ4n) is 2.51.